The lowest BCUT2D eigenvalue weighted by molar-refractivity contribution is -0.212. The molecule has 10 atom stereocenters. The van der Waals surface area contributed by atoms with E-state index >= 15 is 0 Å². The van der Waals surface area contributed by atoms with Crippen LogP contribution in [0.2, 0.25) is 0 Å². The second-order valence-corrected chi connectivity index (χ2v) is 17.0. The summed E-state index contributed by atoms with van der Waals surface area (Å²) in [7, 11) is 0. The van der Waals surface area contributed by atoms with E-state index in [9.17, 15) is 14.7 Å². The predicted octanol–water partition coefficient (Wildman–Crippen LogP) is 7.76. The molecule has 1 amide bonds. The number of carboxylic acid groups (broad SMARTS) is 1. The first-order chi connectivity index (χ1) is 20.5. The topological polar surface area (TPSA) is 69.6 Å². The number of carboxylic acids is 1. The summed E-state index contributed by atoms with van der Waals surface area (Å²) >= 11 is 0. The molecule has 0 bridgehead atoms. The molecule has 1 aliphatic heterocycles. The van der Waals surface area contributed by atoms with Gasteiger partial charge in [0.1, 0.15) is 0 Å². The van der Waals surface area contributed by atoms with E-state index < -0.39 is 5.97 Å². The molecule has 4 saturated carbocycles. The number of fused-ring (bicyclic) bond motifs is 7. The van der Waals surface area contributed by atoms with Crippen LogP contribution < -0.4 is 5.32 Å². The summed E-state index contributed by atoms with van der Waals surface area (Å²) in [5.41, 5.74) is 4.46. The number of nitrogens with one attached hydrogen (secondary N) is 1. The van der Waals surface area contributed by atoms with E-state index in [1.807, 2.05) is 0 Å². The first kappa shape index (κ1) is 30.1. The van der Waals surface area contributed by atoms with Crippen LogP contribution in [0.1, 0.15) is 124 Å². The zero-order valence-corrected chi connectivity index (χ0v) is 27.6. The van der Waals surface area contributed by atoms with Crippen LogP contribution in [-0.2, 0) is 9.59 Å². The molecule has 0 aromatic heterocycles. The van der Waals surface area contributed by atoms with E-state index in [0.717, 1.165) is 69.0 Å². The van der Waals surface area contributed by atoms with E-state index in [1.54, 1.807) is 5.57 Å². The van der Waals surface area contributed by atoms with Crippen molar-refractivity contribution in [1.82, 2.24) is 10.2 Å². The molecule has 238 valence electrons. The fraction of sp³-hybridized carbons (Fsp3) is 0.842. The van der Waals surface area contributed by atoms with Crippen molar-refractivity contribution < 1.29 is 14.7 Å². The quantitative estimate of drug-likeness (QED) is 0.332. The summed E-state index contributed by atoms with van der Waals surface area (Å²) in [5, 5.41) is 13.6. The molecule has 6 aliphatic carbocycles. The fourth-order valence-electron chi connectivity index (χ4n) is 13.2. The van der Waals surface area contributed by atoms with Gasteiger partial charge in [0.05, 0.1) is 5.92 Å². The minimum absolute atomic E-state index is 0.196. The number of amides is 1. The summed E-state index contributed by atoms with van der Waals surface area (Å²) in [6.07, 6.45) is 22.5. The van der Waals surface area contributed by atoms with E-state index in [-0.39, 0.29) is 5.92 Å². The molecule has 0 spiro atoms. The molecule has 5 heteroatoms. The summed E-state index contributed by atoms with van der Waals surface area (Å²) < 4.78 is 0. The Hall–Kier alpha value is -1.62. The third kappa shape index (κ3) is 4.47. The average molecular weight is 591 g/mol. The Labute approximate surface area is 260 Å². The van der Waals surface area contributed by atoms with Gasteiger partial charge in [0.2, 0.25) is 5.91 Å². The monoisotopic (exact) mass is 590 g/mol. The van der Waals surface area contributed by atoms with Gasteiger partial charge in [-0.1, -0.05) is 46.3 Å². The zero-order valence-electron chi connectivity index (χ0n) is 27.6. The predicted molar refractivity (Wildman–Crippen MR) is 171 cm³/mol. The Balaban J connectivity index is 1.09. The van der Waals surface area contributed by atoms with Crippen molar-refractivity contribution in [3.8, 4) is 0 Å². The number of rotatable bonds is 6. The molecule has 5 fully saturated rings. The third-order valence-corrected chi connectivity index (χ3v) is 15.7. The van der Waals surface area contributed by atoms with Gasteiger partial charge >= 0.3 is 5.97 Å². The molecule has 43 heavy (non-hydrogen) atoms. The minimum Gasteiger partial charge on any atom is -0.481 e. The van der Waals surface area contributed by atoms with Crippen molar-refractivity contribution in [3.05, 3.63) is 23.3 Å². The Kier molecular flexibility index (Phi) is 7.50. The van der Waals surface area contributed by atoms with Crippen molar-refractivity contribution in [2.45, 2.75) is 130 Å². The van der Waals surface area contributed by atoms with Crippen molar-refractivity contribution in [3.63, 3.8) is 0 Å². The number of nitrogens with zero attached hydrogens (tertiary/aromatic N) is 1. The second kappa shape index (κ2) is 10.7. The van der Waals surface area contributed by atoms with Gasteiger partial charge in [-0.15, -0.1) is 0 Å². The first-order valence-electron chi connectivity index (χ1n) is 18.2. The summed E-state index contributed by atoms with van der Waals surface area (Å²) in [6.45, 7) is 13.5. The van der Waals surface area contributed by atoms with Gasteiger partial charge in [-0.05, 0) is 140 Å². The molecule has 1 saturated heterocycles. The number of hydrogen-bond donors (Lipinski definition) is 2. The summed E-state index contributed by atoms with van der Waals surface area (Å²) in [4.78, 5) is 25.9. The van der Waals surface area contributed by atoms with Crippen molar-refractivity contribution >= 4 is 11.9 Å². The highest BCUT2D eigenvalue weighted by Gasteiger charge is 2.68. The number of allylic oxidation sites excluding steroid dienone is 4. The van der Waals surface area contributed by atoms with Crippen LogP contribution >= 0.6 is 0 Å². The Bertz CT molecular complexity index is 1210. The number of carbonyl (C=O) groups excluding carboxylic acids is 1. The van der Waals surface area contributed by atoms with Gasteiger partial charge < -0.3 is 15.3 Å². The van der Waals surface area contributed by atoms with Crippen LogP contribution in [0.25, 0.3) is 0 Å². The molecule has 0 aromatic rings. The van der Waals surface area contributed by atoms with E-state index in [0.29, 0.717) is 40.0 Å². The normalized spacial score (nSPS) is 47.6. The Morgan fingerprint density at radius 3 is 2.49 bits per heavy atom. The van der Waals surface area contributed by atoms with Crippen LogP contribution in [0, 0.1) is 51.8 Å². The number of hydrogen-bond acceptors (Lipinski definition) is 3. The highest BCUT2D eigenvalue weighted by Crippen LogP contribution is 2.75. The molecule has 2 N–H and O–H groups in total. The Morgan fingerprint density at radius 2 is 1.77 bits per heavy atom. The smallest absolute Gasteiger partial charge is 0.306 e. The maximum atomic E-state index is 12.2. The molecule has 7 unspecified atom stereocenters. The minimum atomic E-state index is -0.629. The molecule has 0 aromatic carbocycles. The molecule has 1 heterocycles. The highest BCUT2D eigenvalue weighted by atomic mass is 16.4. The molecular formula is C38H58N2O3. The third-order valence-electron chi connectivity index (χ3n) is 15.7. The Morgan fingerprint density at radius 1 is 0.930 bits per heavy atom. The van der Waals surface area contributed by atoms with Crippen LogP contribution in [0.4, 0.5) is 0 Å². The molecule has 0 radical (unpaired) electrons. The maximum Gasteiger partial charge on any atom is 0.306 e. The lowest BCUT2D eigenvalue weighted by Crippen LogP contribution is -2.67. The molecular weight excluding hydrogens is 532 g/mol. The number of likely N-dealkylation sites (tertiary alicyclic amines) is 1. The van der Waals surface area contributed by atoms with Crippen molar-refractivity contribution in [1.29, 1.82) is 0 Å². The lowest BCUT2D eigenvalue weighted by Gasteiger charge is -2.71. The van der Waals surface area contributed by atoms with Gasteiger partial charge in [0, 0.05) is 31.6 Å². The summed E-state index contributed by atoms with van der Waals surface area (Å²) in [5.74, 6) is 3.21. The SMILES string of the molecule is CC1C(C2=CCC(C(=O)O)CC2)=CCC2(C)C1CCC1(C)C2CC[C@@H]2[C@H]3CCCC3(NCCN3CCCC3=O)CC[C@]21C. The fourth-order valence-corrected chi connectivity index (χ4v) is 13.2. The van der Waals surface area contributed by atoms with Crippen LogP contribution in [0.3, 0.4) is 0 Å². The van der Waals surface area contributed by atoms with Crippen LogP contribution in [0.5, 0.6) is 0 Å². The molecule has 7 rings (SSSR count). The van der Waals surface area contributed by atoms with E-state index in [2.05, 4.69) is 50.1 Å². The largest absolute Gasteiger partial charge is 0.481 e. The summed E-state index contributed by atoms with van der Waals surface area (Å²) in [6, 6.07) is 0. The van der Waals surface area contributed by atoms with Gasteiger partial charge in [-0.3, -0.25) is 9.59 Å². The van der Waals surface area contributed by atoms with E-state index in [4.69, 9.17) is 0 Å². The van der Waals surface area contributed by atoms with Crippen LogP contribution in [-0.4, -0.2) is 47.1 Å². The molecule has 5 nitrogen and oxygen atoms in total. The first-order valence-corrected chi connectivity index (χ1v) is 18.2. The van der Waals surface area contributed by atoms with Crippen LogP contribution in [0.15, 0.2) is 23.3 Å². The van der Waals surface area contributed by atoms with Crippen molar-refractivity contribution in [2.75, 3.05) is 19.6 Å². The highest BCUT2D eigenvalue weighted by molar-refractivity contribution is 5.78. The van der Waals surface area contributed by atoms with Gasteiger partial charge in [-0.25, -0.2) is 0 Å². The second-order valence-electron chi connectivity index (χ2n) is 17.0. The van der Waals surface area contributed by atoms with E-state index in [1.165, 1.54) is 69.8 Å². The maximum absolute atomic E-state index is 12.2. The number of carbonyl (C=O) groups is 2. The van der Waals surface area contributed by atoms with Crippen molar-refractivity contribution in [2.24, 2.45) is 51.8 Å². The van der Waals surface area contributed by atoms with Gasteiger partial charge in [-0.2, -0.15) is 0 Å². The average Bonchev–Trinajstić information content (AvgIpc) is 3.60. The number of aliphatic carboxylic acids is 1. The van der Waals surface area contributed by atoms with Gasteiger partial charge in [0.15, 0.2) is 0 Å². The molecule has 7 aliphatic rings. The zero-order chi connectivity index (χ0) is 30.2. The lowest BCUT2D eigenvalue weighted by atomic mass is 9.34. The van der Waals surface area contributed by atoms with Gasteiger partial charge in [0.25, 0.3) is 0 Å². The standard InChI is InChI=1S/C38H58N2O3/c1-25-28(26-9-11-27(12-10-26)34(42)43)15-18-35(2)29(25)16-19-37(4)32(35)14-13-30-31-7-5-17-38(31,21-20-36(30,37)3)39-22-24-40-23-6-8-33(40)41/h9,15,25,27,29-32,39H,5-8,10-14,16-24H2,1-4H3,(H,42,43)/t25?,27?,29?,30-,31-,32?,35?,36-,37?,38?/m1/s1.